The minimum atomic E-state index is -1.10. The number of nitrogens with zero attached hydrogens (tertiary/aromatic N) is 1. The van der Waals surface area contributed by atoms with E-state index in [1.54, 1.807) is 48.5 Å². The van der Waals surface area contributed by atoms with E-state index in [1.165, 1.54) is 18.2 Å². The van der Waals surface area contributed by atoms with Gasteiger partial charge in [-0.1, -0.05) is 36.4 Å². The van der Waals surface area contributed by atoms with Crippen molar-refractivity contribution < 1.29 is 18.3 Å². The van der Waals surface area contributed by atoms with Crippen LogP contribution in [0.4, 0.5) is 4.39 Å². The lowest BCUT2D eigenvalue weighted by Crippen LogP contribution is -2.34. The maximum atomic E-state index is 14.5. The summed E-state index contributed by atoms with van der Waals surface area (Å²) in [6.07, 6.45) is 0. The number of rotatable bonds is 3. The summed E-state index contributed by atoms with van der Waals surface area (Å²) in [5.74, 6) is -2.33. The first-order valence-electron chi connectivity index (χ1n) is 9.81. The van der Waals surface area contributed by atoms with Crippen molar-refractivity contribution in [1.82, 2.24) is 0 Å². The van der Waals surface area contributed by atoms with Crippen molar-refractivity contribution in [2.45, 2.75) is 5.92 Å². The molecule has 0 saturated carbocycles. The van der Waals surface area contributed by atoms with E-state index in [2.05, 4.69) is 0 Å². The van der Waals surface area contributed by atoms with Gasteiger partial charge in [-0.05, 0) is 42.0 Å². The molecule has 4 aromatic rings. The van der Waals surface area contributed by atoms with Crippen LogP contribution < -0.4 is 15.1 Å². The summed E-state index contributed by atoms with van der Waals surface area (Å²) in [5, 5.41) is 18.6. The zero-order valence-corrected chi connectivity index (χ0v) is 16.5. The van der Waals surface area contributed by atoms with Crippen molar-refractivity contribution in [2.75, 3.05) is 0 Å². The quantitative estimate of drug-likeness (QED) is 0.445. The van der Waals surface area contributed by atoms with Gasteiger partial charge in [-0.25, -0.2) is 9.18 Å². The highest BCUT2D eigenvalue weighted by molar-refractivity contribution is 5.93. The van der Waals surface area contributed by atoms with E-state index in [4.69, 9.17) is 19.3 Å². The van der Waals surface area contributed by atoms with Crippen molar-refractivity contribution in [3.05, 3.63) is 100 Å². The highest BCUT2D eigenvalue weighted by Crippen LogP contribution is 2.44. The number of benzene rings is 3. The number of hydrogen-bond donors (Lipinski definition) is 1. The normalized spacial score (nSPS) is 17.3. The van der Waals surface area contributed by atoms with Gasteiger partial charge in [-0.3, -0.25) is 5.41 Å². The van der Waals surface area contributed by atoms with E-state index in [0.29, 0.717) is 22.3 Å². The molecule has 32 heavy (non-hydrogen) atoms. The number of nitriles is 1. The summed E-state index contributed by atoms with van der Waals surface area (Å²) in [6, 6.07) is 21.7. The lowest BCUT2D eigenvalue weighted by molar-refractivity contribution is 0.425. The van der Waals surface area contributed by atoms with E-state index in [1.807, 2.05) is 12.1 Å². The van der Waals surface area contributed by atoms with Gasteiger partial charge in [0.25, 0.3) is 0 Å². The van der Waals surface area contributed by atoms with Crippen LogP contribution in [0.15, 0.2) is 82.0 Å². The number of hydrogen-bond acceptors (Lipinski definition) is 6. The molecule has 0 aliphatic carbocycles. The molecule has 6 nitrogen and oxygen atoms in total. The van der Waals surface area contributed by atoms with Crippen molar-refractivity contribution in [3.8, 4) is 23.3 Å². The average Bonchev–Trinajstić information content (AvgIpc) is 2.80. The molecule has 1 aromatic heterocycles. The number of nitrogens with one attached hydrogen (secondary N) is 1. The van der Waals surface area contributed by atoms with Gasteiger partial charge in [0.1, 0.15) is 17.3 Å². The zero-order valence-electron chi connectivity index (χ0n) is 16.5. The lowest BCUT2D eigenvalue weighted by atomic mass is 9.79. The molecule has 0 bridgehead atoms. The highest BCUT2D eigenvalue weighted by atomic mass is 19.1. The van der Waals surface area contributed by atoms with Crippen LogP contribution in [0, 0.1) is 28.5 Å². The SMILES string of the molecule is N#CC1C(=N)Oc2c(c(=O)oc3ccccc23)C1c1ccc(F)c(Oc2ccccc2)c1. The van der Waals surface area contributed by atoms with E-state index in [0.717, 1.165) is 0 Å². The van der Waals surface area contributed by atoms with Crippen LogP contribution in [0.5, 0.6) is 17.2 Å². The summed E-state index contributed by atoms with van der Waals surface area (Å²) >= 11 is 0. The molecule has 0 fully saturated rings. The third-order valence-corrected chi connectivity index (χ3v) is 5.36. The Bertz CT molecular complexity index is 1460. The third kappa shape index (κ3) is 3.19. The molecule has 156 valence electrons. The van der Waals surface area contributed by atoms with Gasteiger partial charge in [0.2, 0.25) is 5.90 Å². The van der Waals surface area contributed by atoms with E-state index < -0.39 is 23.3 Å². The van der Waals surface area contributed by atoms with Gasteiger partial charge in [0.15, 0.2) is 17.3 Å². The Balaban J connectivity index is 1.70. The maximum Gasteiger partial charge on any atom is 0.343 e. The fourth-order valence-electron chi connectivity index (χ4n) is 3.90. The van der Waals surface area contributed by atoms with Crippen molar-refractivity contribution in [2.24, 2.45) is 5.92 Å². The molecule has 0 amide bonds. The zero-order chi connectivity index (χ0) is 22.2. The third-order valence-electron chi connectivity index (χ3n) is 5.36. The molecule has 3 aromatic carbocycles. The fraction of sp³-hybridized carbons (Fsp3) is 0.0800. The van der Waals surface area contributed by atoms with Gasteiger partial charge in [0, 0.05) is 5.92 Å². The lowest BCUT2D eigenvalue weighted by Gasteiger charge is -2.29. The molecular weight excluding hydrogens is 411 g/mol. The molecule has 1 N–H and O–H groups in total. The maximum absolute atomic E-state index is 14.5. The molecule has 2 atom stereocenters. The van der Waals surface area contributed by atoms with Crippen LogP contribution in [-0.4, -0.2) is 5.90 Å². The first-order valence-corrected chi connectivity index (χ1v) is 9.81. The Labute approximate surface area is 181 Å². The Morgan fingerprint density at radius 2 is 1.78 bits per heavy atom. The van der Waals surface area contributed by atoms with Crippen LogP contribution in [0.3, 0.4) is 0 Å². The van der Waals surface area contributed by atoms with Crippen LogP contribution in [-0.2, 0) is 0 Å². The monoisotopic (exact) mass is 426 g/mol. The average molecular weight is 426 g/mol. The molecular formula is C25H15FN2O4. The Morgan fingerprint density at radius 1 is 1.03 bits per heavy atom. The largest absolute Gasteiger partial charge is 0.454 e. The number of para-hydroxylation sites is 2. The summed E-state index contributed by atoms with van der Waals surface area (Å²) in [4.78, 5) is 12.9. The van der Waals surface area contributed by atoms with E-state index in [9.17, 15) is 14.4 Å². The van der Waals surface area contributed by atoms with E-state index in [-0.39, 0.29) is 23.0 Å². The highest BCUT2D eigenvalue weighted by Gasteiger charge is 2.41. The van der Waals surface area contributed by atoms with Crippen LogP contribution in [0.2, 0.25) is 0 Å². The predicted octanol–water partition coefficient (Wildman–Crippen LogP) is 5.37. The molecule has 7 heteroatoms. The van der Waals surface area contributed by atoms with Crippen molar-refractivity contribution in [3.63, 3.8) is 0 Å². The second-order valence-electron chi connectivity index (χ2n) is 7.28. The van der Waals surface area contributed by atoms with Gasteiger partial charge < -0.3 is 13.9 Å². The molecule has 0 radical (unpaired) electrons. The molecule has 2 heterocycles. The van der Waals surface area contributed by atoms with Gasteiger partial charge >= 0.3 is 5.63 Å². The van der Waals surface area contributed by atoms with Crippen molar-refractivity contribution in [1.29, 1.82) is 10.7 Å². The predicted molar refractivity (Wildman–Crippen MR) is 115 cm³/mol. The molecule has 0 saturated heterocycles. The van der Waals surface area contributed by atoms with Crippen LogP contribution in [0.25, 0.3) is 11.0 Å². The summed E-state index contributed by atoms with van der Waals surface area (Å²) in [6.45, 7) is 0. The van der Waals surface area contributed by atoms with Gasteiger partial charge in [-0.15, -0.1) is 0 Å². The summed E-state index contributed by atoms with van der Waals surface area (Å²) < 4.78 is 31.3. The number of ether oxygens (including phenoxy) is 2. The minimum Gasteiger partial charge on any atom is -0.454 e. The minimum absolute atomic E-state index is 0.0601. The second-order valence-corrected chi connectivity index (χ2v) is 7.28. The Hall–Kier alpha value is -4.44. The molecule has 1 aliphatic heterocycles. The summed E-state index contributed by atoms with van der Waals surface area (Å²) in [5.41, 5.74) is 0.181. The van der Waals surface area contributed by atoms with E-state index >= 15 is 0 Å². The Kier molecular flexibility index (Phi) is 4.68. The van der Waals surface area contributed by atoms with Gasteiger partial charge in [0.05, 0.1) is 17.0 Å². The standard InChI is InChI=1S/C25H15FN2O4/c26-18-11-10-14(12-20(18)30-15-6-2-1-3-7-15)21-17(13-27)24(28)32-23-16-8-4-5-9-19(16)31-25(29)22(21)23/h1-12,17,21,28H. The molecule has 1 aliphatic rings. The fourth-order valence-corrected chi connectivity index (χ4v) is 3.90. The van der Waals surface area contributed by atoms with Crippen LogP contribution in [0.1, 0.15) is 17.0 Å². The van der Waals surface area contributed by atoms with Crippen LogP contribution >= 0.6 is 0 Å². The molecule has 2 unspecified atom stereocenters. The first kappa shape index (κ1) is 19.5. The molecule has 5 rings (SSSR count). The second kappa shape index (κ2) is 7.67. The molecule has 0 spiro atoms. The van der Waals surface area contributed by atoms with Gasteiger partial charge in [-0.2, -0.15) is 5.26 Å². The first-order chi connectivity index (χ1) is 15.6. The van der Waals surface area contributed by atoms with Crippen molar-refractivity contribution >= 4 is 16.9 Å². The summed E-state index contributed by atoms with van der Waals surface area (Å²) in [7, 11) is 0. The smallest absolute Gasteiger partial charge is 0.343 e. The number of fused-ring (bicyclic) bond motifs is 3. The number of halogens is 1. The topological polar surface area (TPSA) is 96.3 Å². The Morgan fingerprint density at radius 3 is 2.56 bits per heavy atom.